The molecule has 0 saturated carbocycles. The lowest BCUT2D eigenvalue weighted by Crippen LogP contribution is -2.35. The number of para-hydroxylation sites is 1. The number of rotatable bonds is 16. The Morgan fingerprint density at radius 3 is 2.64 bits per heavy atom. The molecule has 0 bridgehead atoms. The molecule has 1 unspecified atom stereocenters. The summed E-state index contributed by atoms with van der Waals surface area (Å²) < 4.78 is 44.8. The molecule has 3 heterocycles. The van der Waals surface area contributed by atoms with Crippen LogP contribution in [0.5, 0.6) is 5.75 Å². The maximum Gasteiger partial charge on any atom is 0.459 e. The zero-order valence-corrected chi connectivity index (χ0v) is 27.2. The Kier molecular flexibility index (Phi) is 11.5. The molecular weight excluding hydrogens is 627 g/mol. The fourth-order valence-electron chi connectivity index (χ4n) is 5.10. The summed E-state index contributed by atoms with van der Waals surface area (Å²) in [5, 5.41) is 2.74. The van der Waals surface area contributed by atoms with Crippen molar-refractivity contribution < 1.29 is 37.4 Å². The molecule has 2 aromatic carbocycles. The maximum absolute atomic E-state index is 14.3. The summed E-state index contributed by atoms with van der Waals surface area (Å²) in [6, 6.07) is 15.1. The molecule has 1 fully saturated rings. The highest BCUT2D eigenvalue weighted by Gasteiger charge is 2.36. The van der Waals surface area contributed by atoms with Gasteiger partial charge in [-0.3, -0.25) is 14.1 Å². The van der Waals surface area contributed by atoms with Crippen molar-refractivity contribution in [3.05, 3.63) is 78.4 Å². The topological polar surface area (TPSA) is 179 Å². The Hall–Kier alpha value is -4.36. The monoisotopic (exact) mass is 666 g/mol. The molecule has 5 rings (SSSR count). The molecule has 4 aromatic rings. The van der Waals surface area contributed by atoms with Crippen molar-refractivity contribution >= 4 is 36.7 Å². The Balaban J connectivity index is 1.25. The number of aromatic nitrogens is 4. The lowest BCUT2D eigenvalue weighted by Gasteiger charge is -2.25. The fraction of sp³-hybridized carbons (Fsp3) is 0.406. The molecule has 47 heavy (non-hydrogen) atoms. The van der Waals surface area contributed by atoms with E-state index in [0.717, 1.165) is 5.56 Å². The van der Waals surface area contributed by atoms with Gasteiger partial charge in [0.15, 0.2) is 11.5 Å². The highest BCUT2D eigenvalue weighted by molar-refractivity contribution is 7.52. The second kappa shape index (κ2) is 16.0. The molecular formula is C32H39N6O8P. The number of nitrogens with zero attached hydrogens (tertiary/aromatic N) is 4. The van der Waals surface area contributed by atoms with Gasteiger partial charge in [-0.25, -0.2) is 19.5 Å². The van der Waals surface area contributed by atoms with Gasteiger partial charge >= 0.3 is 19.7 Å². The van der Waals surface area contributed by atoms with Gasteiger partial charge in [0.25, 0.3) is 0 Å². The van der Waals surface area contributed by atoms with Crippen molar-refractivity contribution in [2.24, 2.45) is 0 Å². The lowest BCUT2D eigenvalue weighted by atomic mass is 10.1. The van der Waals surface area contributed by atoms with Crippen LogP contribution in [0.15, 0.2) is 67.3 Å². The minimum Gasteiger partial charge on any atom is -0.466 e. The van der Waals surface area contributed by atoms with Crippen LogP contribution in [0.4, 0.5) is 5.82 Å². The molecule has 1 saturated heterocycles. The van der Waals surface area contributed by atoms with E-state index >= 15 is 0 Å². The number of nitrogen functional groups attached to an aromatic ring is 1. The molecule has 0 radical (unpaired) electrons. The zero-order valence-electron chi connectivity index (χ0n) is 26.3. The Morgan fingerprint density at radius 2 is 1.83 bits per heavy atom. The normalized spacial score (nSPS) is 18.0. The maximum atomic E-state index is 14.3. The van der Waals surface area contributed by atoms with Crippen molar-refractivity contribution in [2.75, 3.05) is 18.9 Å². The number of fused-ring (bicyclic) bond motifs is 1. The standard InChI is InChI=1S/C32H39N6O8P/c1-3-42-28(39)16-13-24-11-7-8-12-27(24)46-47(41,37-22(2)32(40)43-18-23-9-5-4-6-10-23)44-19-26-15-14-25(45-26)17-38-21-36-29-30(33)34-20-35-31(29)38/h4-12,20-22,25-26H,3,13-19H2,1-2H3,(H,37,41)(H2,33,34,35)/t22-,25+,26-,47?/m0/s1. The predicted molar refractivity (Wildman–Crippen MR) is 172 cm³/mol. The molecule has 15 heteroatoms. The second-order valence-corrected chi connectivity index (χ2v) is 12.7. The van der Waals surface area contributed by atoms with E-state index in [1.54, 1.807) is 37.5 Å². The number of anilines is 1. The van der Waals surface area contributed by atoms with Gasteiger partial charge in [0.2, 0.25) is 0 Å². The Bertz CT molecular complexity index is 1700. The van der Waals surface area contributed by atoms with Gasteiger partial charge in [-0.05, 0) is 50.3 Å². The van der Waals surface area contributed by atoms with Crippen LogP contribution < -0.4 is 15.3 Å². The van der Waals surface area contributed by atoms with Crippen LogP contribution in [-0.4, -0.2) is 62.9 Å². The third-order valence-corrected chi connectivity index (χ3v) is 9.11. The Labute approximate surface area is 272 Å². The average Bonchev–Trinajstić information content (AvgIpc) is 3.70. The van der Waals surface area contributed by atoms with E-state index in [9.17, 15) is 14.2 Å². The number of ether oxygens (including phenoxy) is 3. The number of nitrogens with two attached hydrogens (primary N) is 1. The average molecular weight is 667 g/mol. The smallest absolute Gasteiger partial charge is 0.459 e. The van der Waals surface area contributed by atoms with Crippen LogP contribution in [0.2, 0.25) is 0 Å². The highest BCUT2D eigenvalue weighted by atomic mass is 31.2. The van der Waals surface area contributed by atoms with Gasteiger partial charge in [-0.15, -0.1) is 0 Å². The number of imidazole rings is 1. The van der Waals surface area contributed by atoms with E-state index in [0.29, 0.717) is 41.9 Å². The van der Waals surface area contributed by atoms with Crippen molar-refractivity contribution in [3.8, 4) is 5.75 Å². The quantitative estimate of drug-likeness (QED) is 0.127. The molecule has 1 aliphatic heterocycles. The van der Waals surface area contributed by atoms with Crippen LogP contribution in [0.3, 0.4) is 0 Å². The molecule has 14 nitrogen and oxygen atoms in total. The number of benzene rings is 2. The molecule has 2 aromatic heterocycles. The summed E-state index contributed by atoms with van der Waals surface area (Å²) in [5.41, 5.74) is 8.48. The van der Waals surface area contributed by atoms with Crippen molar-refractivity contribution in [2.45, 2.75) is 70.9 Å². The molecule has 250 valence electrons. The van der Waals surface area contributed by atoms with Gasteiger partial charge < -0.3 is 29.0 Å². The lowest BCUT2D eigenvalue weighted by molar-refractivity contribution is -0.146. The number of hydrogen-bond acceptors (Lipinski definition) is 12. The molecule has 0 amide bonds. The minimum atomic E-state index is -4.19. The van der Waals surface area contributed by atoms with Crippen LogP contribution >= 0.6 is 7.75 Å². The largest absolute Gasteiger partial charge is 0.466 e. The van der Waals surface area contributed by atoms with E-state index in [4.69, 9.17) is 29.0 Å². The van der Waals surface area contributed by atoms with Crippen LogP contribution in [0, 0.1) is 0 Å². The summed E-state index contributed by atoms with van der Waals surface area (Å²) in [4.78, 5) is 37.5. The summed E-state index contributed by atoms with van der Waals surface area (Å²) in [5.74, 6) is -0.444. The van der Waals surface area contributed by atoms with E-state index in [2.05, 4.69) is 20.0 Å². The number of aryl methyl sites for hydroxylation is 1. The van der Waals surface area contributed by atoms with Crippen molar-refractivity contribution in [3.63, 3.8) is 0 Å². The van der Waals surface area contributed by atoms with Crippen LogP contribution in [0.1, 0.15) is 44.2 Å². The summed E-state index contributed by atoms with van der Waals surface area (Å²) in [6.07, 6.45) is 4.21. The van der Waals surface area contributed by atoms with E-state index in [-0.39, 0.29) is 50.5 Å². The zero-order chi connectivity index (χ0) is 33.2. The first kappa shape index (κ1) is 34.0. The van der Waals surface area contributed by atoms with Gasteiger partial charge in [0.1, 0.15) is 30.2 Å². The molecule has 0 aliphatic carbocycles. The van der Waals surface area contributed by atoms with Gasteiger partial charge in [0.05, 0.1) is 38.3 Å². The van der Waals surface area contributed by atoms with E-state index < -0.39 is 25.9 Å². The number of hydrogen-bond donors (Lipinski definition) is 2. The Morgan fingerprint density at radius 1 is 1.06 bits per heavy atom. The molecule has 3 N–H and O–H groups in total. The van der Waals surface area contributed by atoms with Crippen molar-refractivity contribution in [1.82, 2.24) is 24.6 Å². The SMILES string of the molecule is CCOC(=O)CCc1ccccc1OP(=O)(N[C@@H](C)C(=O)OCc1ccccc1)OC[C@@H]1CC[C@H](Cn2cnc3c(N)ncnc32)O1. The first-order chi connectivity index (χ1) is 22.7. The van der Waals surface area contributed by atoms with Gasteiger partial charge in [0, 0.05) is 6.42 Å². The molecule has 0 spiro atoms. The minimum absolute atomic E-state index is 0.0521. The first-order valence-electron chi connectivity index (χ1n) is 15.5. The molecule has 1 aliphatic rings. The van der Waals surface area contributed by atoms with E-state index in [1.165, 1.54) is 13.3 Å². The summed E-state index contributed by atoms with van der Waals surface area (Å²) in [6.45, 7) is 3.99. The summed E-state index contributed by atoms with van der Waals surface area (Å²) >= 11 is 0. The predicted octanol–water partition coefficient (Wildman–Crippen LogP) is 4.38. The first-order valence-corrected chi connectivity index (χ1v) is 17.0. The van der Waals surface area contributed by atoms with Gasteiger partial charge in [-0.1, -0.05) is 48.5 Å². The number of esters is 2. The number of carbonyl (C=O) groups excluding carboxylic acids is 2. The highest BCUT2D eigenvalue weighted by Crippen LogP contribution is 2.46. The van der Waals surface area contributed by atoms with Gasteiger partial charge in [-0.2, -0.15) is 5.09 Å². The number of carbonyl (C=O) groups is 2. The van der Waals surface area contributed by atoms with E-state index in [1.807, 2.05) is 34.9 Å². The van der Waals surface area contributed by atoms with Crippen LogP contribution in [0.25, 0.3) is 11.2 Å². The third kappa shape index (κ3) is 9.35. The van der Waals surface area contributed by atoms with Crippen LogP contribution in [-0.2, 0) is 52.5 Å². The third-order valence-electron chi connectivity index (χ3n) is 7.48. The summed E-state index contributed by atoms with van der Waals surface area (Å²) in [7, 11) is -4.19. The number of nitrogens with one attached hydrogen (secondary N) is 1. The molecule has 4 atom stereocenters. The second-order valence-electron chi connectivity index (χ2n) is 11.0. The fourth-order valence-corrected chi connectivity index (χ4v) is 6.66. The van der Waals surface area contributed by atoms with Crippen molar-refractivity contribution in [1.29, 1.82) is 0 Å².